The van der Waals surface area contributed by atoms with Crippen molar-refractivity contribution in [1.29, 1.82) is 0 Å². The van der Waals surface area contributed by atoms with Gasteiger partial charge in [-0.2, -0.15) is 0 Å². The molecule has 1 saturated heterocycles. The predicted octanol–water partition coefficient (Wildman–Crippen LogP) is 4.41. The monoisotopic (exact) mass is 389 g/mol. The highest BCUT2D eigenvalue weighted by Gasteiger charge is 2.52. The van der Waals surface area contributed by atoms with Crippen LogP contribution < -0.4 is 0 Å². The number of carbonyl (C=O) groups is 1. The molecule has 0 saturated carbocycles. The molecule has 29 heavy (non-hydrogen) atoms. The zero-order chi connectivity index (χ0) is 20.2. The van der Waals surface area contributed by atoms with Gasteiger partial charge in [0.2, 0.25) is 0 Å². The van der Waals surface area contributed by atoms with Crippen molar-refractivity contribution in [3.8, 4) is 5.75 Å². The number of H-pyrrole nitrogens is 1. The normalized spacial score (nSPS) is 25.8. The Kier molecular flexibility index (Phi) is 4.16. The number of phenolic OH excluding ortho intramolecular Hbond substituents is 1. The number of imidazole rings is 1. The van der Waals surface area contributed by atoms with Gasteiger partial charge in [-0.15, -0.1) is 0 Å². The van der Waals surface area contributed by atoms with Crippen LogP contribution in [0.15, 0.2) is 42.7 Å². The van der Waals surface area contributed by atoms with E-state index in [1.165, 1.54) is 11.1 Å². The molecule has 150 valence electrons. The summed E-state index contributed by atoms with van der Waals surface area (Å²) < 4.78 is 0. The quantitative estimate of drug-likeness (QED) is 0.697. The smallest absolute Gasteiger partial charge is 0.254 e. The van der Waals surface area contributed by atoms with Gasteiger partial charge in [0.15, 0.2) is 0 Å². The van der Waals surface area contributed by atoms with Crippen molar-refractivity contribution in [2.75, 3.05) is 6.54 Å². The molecule has 1 fully saturated rings. The summed E-state index contributed by atoms with van der Waals surface area (Å²) >= 11 is 0. The fourth-order valence-corrected chi connectivity index (χ4v) is 6.05. The van der Waals surface area contributed by atoms with Gasteiger partial charge in [0.1, 0.15) is 5.75 Å². The molecule has 2 aromatic carbocycles. The van der Waals surface area contributed by atoms with Crippen LogP contribution in [0, 0.1) is 5.92 Å². The van der Waals surface area contributed by atoms with Crippen LogP contribution >= 0.6 is 0 Å². The number of benzene rings is 2. The Morgan fingerprint density at radius 2 is 2.14 bits per heavy atom. The van der Waals surface area contributed by atoms with Crippen LogP contribution in [-0.4, -0.2) is 38.5 Å². The van der Waals surface area contributed by atoms with Crippen LogP contribution in [-0.2, 0) is 11.8 Å². The summed E-state index contributed by atoms with van der Waals surface area (Å²) in [5, 5.41) is 10.1. The van der Waals surface area contributed by atoms with Crippen molar-refractivity contribution >= 4 is 16.9 Å². The van der Waals surface area contributed by atoms with Crippen LogP contribution in [0.2, 0.25) is 0 Å². The van der Waals surface area contributed by atoms with E-state index in [0.29, 0.717) is 11.7 Å². The van der Waals surface area contributed by atoms with Gasteiger partial charge in [0.05, 0.1) is 17.4 Å². The molecule has 2 heterocycles. The number of nitrogens with zero attached hydrogens (tertiary/aromatic N) is 2. The van der Waals surface area contributed by atoms with Crippen molar-refractivity contribution in [2.24, 2.45) is 5.92 Å². The number of nitrogens with one attached hydrogen (secondary N) is 1. The van der Waals surface area contributed by atoms with Crippen molar-refractivity contribution in [3.63, 3.8) is 0 Å². The zero-order valence-electron chi connectivity index (χ0n) is 17.0. The van der Waals surface area contributed by atoms with E-state index in [2.05, 4.69) is 34.8 Å². The summed E-state index contributed by atoms with van der Waals surface area (Å²) in [6.07, 6.45) is 5.51. The van der Waals surface area contributed by atoms with Gasteiger partial charge in [-0.1, -0.05) is 26.3 Å². The van der Waals surface area contributed by atoms with Crippen LogP contribution in [0.3, 0.4) is 0 Å². The summed E-state index contributed by atoms with van der Waals surface area (Å²) in [4.78, 5) is 23.0. The first kappa shape index (κ1) is 18.2. The molecule has 3 unspecified atom stereocenters. The van der Waals surface area contributed by atoms with Crippen LogP contribution in [0.4, 0.5) is 0 Å². The topological polar surface area (TPSA) is 69.2 Å². The van der Waals surface area contributed by atoms with E-state index in [0.717, 1.165) is 48.8 Å². The Bertz CT molecular complexity index is 1090. The van der Waals surface area contributed by atoms with Gasteiger partial charge in [-0.25, -0.2) is 4.98 Å². The SMILES string of the molecule is CCC1C2Cc3ccc(O)cc3C1(CC)CCN2C(=O)c1ccc2nc[nH]c2c1. The van der Waals surface area contributed by atoms with Gasteiger partial charge < -0.3 is 15.0 Å². The summed E-state index contributed by atoms with van der Waals surface area (Å²) in [5.74, 6) is 0.850. The maximum atomic E-state index is 13.5. The lowest BCUT2D eigenvalue weighted by molar-refractivity contribution is 0.0111. The molecule has 3 atom stereocenters. The average molecular weight is 389 g/mol. The number of amides is 1. The molecule has 3 aromatic rings. The number of fused-ring (bicyclic) bond motifs is 5. The van der Waals surface area contributed by atoms with Crippen molar-refractivity contribution in [1.82, 2.24) is 14.9 Å². The standard InChI is InChI=1S/C24H27N3O2/c1-3-18-22-12-15-5-7-17(28)13-19(15)24(18,4-2)9-10-27(22)23(29)16-6-8-20-21(11-16)26-14-25-20/h5-8,11,13-14,18,22,28H,3-4,9-10,12H2,1-2H3,(H,25,26). The molecule has 0 radical (unpaired) electrons. The number of aromatic amines is 1. The first-order valence-corrected chi connectivity index (χ1v) is 10.6. The summed E-state index contributed by atoms with van der Waals surface area (Å²) in [5.41, 5.74) is 5.11. The number of aromatic hydroxyl groups is 1. The van der Waals surface area contributed by atoms with E-state index >= 15 is 0 Å². The van der Waals surface area contributed by atoms with Crippen molar-refractivity contribution < 1.29 is 9.90 Å². The van der Waals surface area contributed by atoms with Gasteiger partial charge in [-0.05, 0) is 66.6 Å². The number of rotatable bonds is 3. The largest absolute Gasteiger partial charge is 0.508 e. The lowest BCUT2D eigenvalue weighted by atomic mass is 9.55. The van der Waals surface area contributed by atoms with Gasteiger partial charge in [0.25, 0.3) is 5.91 Å². The van der Waals surface area contributed by atoms with Gasteiger partial charge in [0, 0.05) is 23.6 Å². The maximum Gasteiger partial charge on any atom is 0.254 e. The molecule has 5 nitrogen and oxygen atoms in total. The summed E-state index contributed by atoms with van der Waals surface area (Å²) in [7, 11) is 0. The molecule has 2 bridgehead atoms. The first-order valence-electron chi connectivity index (χ1n) is 10.6. The predicted molar refractivity (Wildman–Crippen MR) is 113 cm³/mol. The Morgan fingerprint density at radius 1 is 1.28 bits per heavy atom. The third-order valence-electron chi connectivity index (χ3n) is 7.43. The number of carbonyl (C=O) groups excluding carboxylic acids is 1. The number of hydrogen-bond donors (Lipinski definition) is 2. The van der Waals surface area contributed by atoms with Crippen molar-refractivity contribution in [2.45, 2.75) is 51.0 Å². The van der Waals surface area contributed by atoms with E-state index in [1.54, 1.807) is 12.4 Å². The zero-order valence-corrected chi connectivity index (χ0v) is 17.0. The average Bonchev–Trinajstić information content (AvgIpc) is 3.21. The molecule has 5 rings (SSSR count). The second-order valence-corrected chi connectivity index (χ2v) is 8.52. The molecular weight excluding hydrogens is 362 g/mol. The molecule has 2 N–H and O–H groups in total. The van der Waals surface area contributed by atoms with Crippen LogP contribution in [0.5, 0.6) is 5.75 Å². The third kappa shape index (κ3) is 2.60. The highest BCUT2D eigenvalue weighted by molar-refractivity contribution is 5.97. The number of likely N-dealkylation sites (tertiary alicyclic amines) is 1. The minimum atomic E-state index is 0.0376. The third-order valence-corrected chi connectivity index (χ3v) is 7.43. The second-order valence-electron chi connectivity index (χ2n) is 8.52. The maximum absolute atomic E-state index is 13.5. The summed E-state index contributed by atoms with van der Waals surface area (Å²) in [6, 6.07) is 11.7. The Labute approximate surface area is 170 Å². The molecule has 2 aliphatic rings. The number of aromatic nitrogens is 2. The molecule has 0 spiro atoms. The number of phenols is 1. The van der Waals surface area contributed by atoms with E-state index in [9.17, 15) is 9.90 Å². The van der Waals surface area contributed by atoms with E-state index < -0.39 is 0 Å². The minimum absolute atomic E-state index is 0.0376. The highest BCUT2D eigenvalue weighted by Crippen LogP contribution is 2.53. The Balaban J connectivity index is 1.56. The van der Waals surface area contributed by atoms with Gasteiger partial charge >= 0.3 is 0 Å². The van der Waals surface area contributed by atoms with Crippen LogP contribution in [0.1, 0.15) is 54.6 Å². The molecule has 1 amide bonds. The first-order chi connectivity index (χ1) is 14.1. The molecule has 1 aromatic heterocycles. The lowest BCUT2D eigenvalue weighted by Gasteiger charge is -2.56. The highest BCUT2D eigenvalue weighted by atomic mass is 16.3. The lowest BCUT2D eigenvalue weighted by Crippen LogP contribution is -2.61. The Hall–Kier alpha value is -2.82. The Morgan fingerprint density at radius 3 is 2.93 bits per heavy atom. The fraction of sp³-hybridized carbons (Fsp3) is 0.417. The van der Waals surface area contributed by atoms with Crippen molar-refractivity contribution in [3.05, 3.63) is 59.4 Å². The van der Waals surface area contributed by atoms with Crippen LogP contribution in [0.25, 0.3) is 11.0 Å². The van der Waals surface area contributed by atoms with E-state index in [1.807, 2.05) is 24.3 Å². The molecule has 1 aliphatic heterocycles. The second kappa shape index (κ2) is 6.61. The molecule has 1 aliphatic carbocycles. The van der Waals surface area contributed by atoms with E-state index in [-0.39, 0.29) is 17.4 Å². The van der Waals surface area contributed by atoms with E-state index in [4.69, 9.17) is 0 Å². The molecular formula is C24H27N3O2. The number of piperidine rings is 1. The number of hydrogen-bond acceptors (Lipinski definition) is 3. The fourth-order valence-electron chi connectivity index (χ4n) is 6.05. The van der Waals surface area contributed by atoms with Gasteiger partial charge in [-0.3, -0.25) is 4.79 Å². The summed E-state index contributed by atoms with van der Waals surface area (Å²) in [6.45, 7) is 5.24. The minimum Gasteiger partial charge on any atom is -0.508 e. The molecule has 5 heteroatoms.